The molecule has 1 saturated carbocycles. The number of halogens is 1. The highest BCUT2D eigenvalue weighted by Crippen LogP contribution is 2.27. The molecule has 2 fully saturated rings. The van der Waals surface area contributed by atoms with Gasteiger partial charge >= 0.3 is 0 Å². The molecule has 184 valence electrons. The summed E-state index contributed by atoms with van der Waals surface area (Å²) < 4.78 is 6.33. The van der Waals surface area contributed by atoms with Crippen LogP contribution in [0.4, 0.5) is 0 Å². The van der Waals surface area contributed by atoms with E-state index in [0.717, 1.165) is 43.1 Å². The van der Waals surface area contributed by atoms with E-state index in [-0.39, 0.29) is 29.9 Å². The van der Waals surface area contributed by atoms with E-state index in [1.165, 1.54) is 29.5 Å². The zero-order valence-corrected chi connectivity index (χ0v) is 22.6. The van der Waals surface area contributed by atoms with Crippen LogP contribution in [0.1, 0.15) is 60.8 Å². The number of benzene rings is 2. The number of aryl methyl sites for hydroxylation is 1. The van der Waals surface area contributed by atoms with Crippen LogP contribution in [0.3, 0.4) is 0 Å². The van der Waals surface area contributed by atoms with Crippen molar-refractivity contribution < 1.29 is 9.53 Å². The van der Waals surface area contributed by atoms with Crippen LogP contribution < -0.4 is 15.4 Å². The average molecular weight is 577 g/mol. The summed E-state index contributed by atoms with van der Waals surface area (Å²) in [6.45, 7) is 4.98. The predicted octanol–water partition coefficient (Wildman–Crippen LogP) is 4.92. The van der Waals surface area contributed by atoms with Crippen molar-refractivity contribution in [3.63, 3.8) is 0 Å². The summed E-state index contributed by atoms with van der Waals surface area (Å²) in [6.07, 6.45) is 6.80. The molecule has 0 unspecified atom stereocenters. The number of amides is 1. The molecule has 1 heterocycles. The first-order valence-electron chi connectivity index (χ1n) is 12.2. The van der Waals surface area contributed by atoms with Crippen LogP contribution in [0, 0.1) is 6.92 Å². The molecule has 2 aliphatic rings. The molecule has 1 aliphatic heterocycles. The Labute approximate surface area is 220 Å². The Bertz CT molecular complexity index is 988. The largest absolute Gasteiger partial charge is 0.490 e. The molecule has 2 aromatic carbocycles. The van der Waals surface area contributed by atoms with Crippen LogP contribution in [0.15, 0.2) is 47.5 Å². The van der Waals surface area contributed by atoms with Crippen LogP contribution >= 0.6 is 24.0 Å². The third-order valence-electron chi connectivity index (χ3n) is 6.48. The topological polar surface area (TPSA) is 66.0 Å². The zero-order chi connectivity index (χ0) is 23.0. The Morgan fingerprint density at radius 2 is 1.82 bits per heavy atom. The first-order chi connectivity index (χ1) is 16.1. The summed E-state index contributed by atoms with van der Waals surface area (Å²) in [5.41, 5.74) is 4.70. The summed E-state index contributed by atoms with van der Waals surface area (Å²) >= 11 is 0. The van der Waals surface area contributed by atoms with Gasteiger partial charge in [-0.05, 0) is 61.8 Å². The number of carbonyl (C=O) groups excluding carboxylic acids is 1. The van der Waals surface area contributed by atoms with E-state index in [9.17, 15) is 4.79 Å². The number of nitrogens with one attached hydrogen (secondary N) is 2. The SMILES string of the molecule is CN=C(NCc1cccc(CN2CCCC2=O)c1)NCc1ccc(C)cc1OC1CCCC1.I. The van der Waals surface area contributed by atoms with Crippen molar-refractivity contribution in [1.82, 2.24) is 15.5 Å². The lowest BCUT2D eigenvalue weighted by Crippen LogP contribution is -2.36. The number of guanidine groups is 1. The number of carbonyl (C=O) groups is 1. The van der Waals surface area contributed by atoms with E-state index in [4.69, 9.17) is 4.74 Å². The molecule has 0 aromatic heterocycles. The number of hydrogen-bond donors (Lipinski definition) is 2. The molecule has 0 bridgehead atoms. The Balaban J connectivity index is 0.00000324. The molecule has 6 nitrogen and oxygen atoms in total. The van der Waals surface area contributed by atoms with E-state index in [1.807, 2.05) is 4.90 Å². The standard InChI is InChI=1S/C27H36N4O2.HI/c1-20-12-13-23(25(15-20)33-24-9-3-4-10-24)18-30-27(28-2)29-17-21-7-5-8-22(16-21)19-31-14-6-11-26(31)32;/h5,7-8,12-13,15-16,24H,3-4,6,9-11,14,17-19H2,1-2H3,(H2,28,29,30);1H. The molecule has 2 aromatic rings. The number of ether oxygens (including phenoxy) is 1. The first-order valence-corrected chi connectivity index (χ1v) is 12.2. The highest BCUT2D eigenvalue weighted by Gasteiger charge is 2.20. The van der Waals surface area contributed by atoms with Gasteiger partial charge in [0.15, 0.2) is 5.96 Å². The Morgan fingerprint density at radius 1 is 1.06 bits per heavy atom. The van der Waals surface area contributed by atoms with Gasteiger partial charge in [-0.1, -0.05) is 36.4 Å². The molecule has 0 spiro atoms. The van der Waals surface area contributed by atoms with Gasteiger partial charge in [-0.3, -0.25) is 9.79 Å². The highest BCUT2D eigenvalue weighted by atomic mass is 127. The van der Waals surface area contributed by atoms with Crippen LogP contribution in [-0.2, 0) is 24.4 Å². The molecular formula is C27H37IN4O2. The normalized spacial score (nSPS) is 16.5. The molecular weight excluding hydrogens is 539 g/mol. The minimum Gasteiger partial charge on any atom is -0.490 e. The van der Waals surface area contributed by atoms with Gasteiger partial charge in [-0.2, -0.15) is 0 Å². The van der Waals surface area contributed by atoms with Crippen molar-refractivity contribution in [3.05, 3.63) is 64.7 Å². The first kappa shape index (κ1) is 26.3. The van der Waals surface area contributed by atoms with Crippen molar-refractivity contribution in [2.24, 2.45) is 4.99 Å². The summed E-state index contributed by atoms with van der Waals surface area (Å²) in [4.78, 5) is 18.3. The molecule has 1 amide bonds. The second-order valence-corrected chi connectivity index (χ2v) is 9.15. The number of likely N-dealkylation sites (tertiary alicyclic amines) is 1. The van der Waals surface area contributed by atoms with Crippen LogP contribution in [-0.4, -0.2) is 36.5 Å². The molecule has 4 rings (SSSR count). The van der Waals surface area contributed by atoms with E-state index in [0.29, 0.717) is 32.2 Å². The van der Waals surface area contributed by atoms with E-state index >= 15 is 0 Å². The predicted molar refractivity (Wildman–Crippen MR) is 148 cm³/mol. The maximum absolute atomic E-state index is 11.9. The molecule has 7 heteroatoms. The number of rotatable bonds is 8. The molecule has 0 radical (unpaired) electrons. The Hall–Kier alpha value is -2.29. The lowest BCUT2D eigenvalue weighted by Gasteiger charge is -2.19. The van der Waals surface area contributed by atoms with Crippen LogP contribution in [0.25, 0.3) is 0 Å². The third-order valence-corrected chi connectivity index (χ3v) is 6.48. The van der Waals surface area contributed by atoms with Crippen molar-refractivity contribution in [2.75, 3.05) is 13.6 Å². The number of nitrogens with zero attached hydrogens (tertiary/aromatic N) is 2. The molecule has 1 aliphatic carbocycles. The van der Waals surface area contributed by atoms with Crippen molar-refractivity contribution >= 4 is 35.8 Å². The molecule has 0 atom stereocenters. The van der Waals surface area contributed by atoms with E-state index in [2.05, 4.69) is 65.0 Å². The van der Waals surface area contributed by atoms with Gasteiger partial charge in [-0.15, -0.1) is 24.0 Å². The Kier molecular flexibility index (Phi) is 10.0. The fraction of sp³-hybridized carbons (Fsp3) is 0.481. The molecule has 1 saturated heterocycles. The number of aliphatic imine (C=N–C) groups is 1. The van der Waals surface area contributed by atoms with Gasteiger partial charge < -0.3 is 20.3 Å². The second kappa shape index (κ2) is 13.0. The van der Waals surface area contributed by atoms with Crippen molar-refractivity contribution in [3.8, 4) is 5.75 Å². The lowest BCUT2D eigenvalue weighted by molar-refractivity contribution is -0.128. The second-order valence-electron chi connectivity index (χ2n) is 9.15. The maximum Gasteiger partial charge on any atom is 0.222 e. The van der Waals surface area contributed by atoms with Crippen molar-refractivity contribution in [2.45, 2.75) is 71.2 Å². The van der Waals surface area contributed by atoms with Crippen LogP contribution in [0.5, 0.6) is 5.75 Å². The van der Waals surface area contributed by atoms with E-state index in [1.54, 1.807) is 7.05 Å². The monoisotopic (exact) mass is 576 g/mol. The summed E-state index contributed by atoms with van der Waals surface area (Å²) in [5.74, 6) is 1.99. The fourth-order valence-corrected chi connectivity index (χ4v) is 4.62. The van der Waals surface area contributed by atoms with Gasteiger partial charge in [0.2, 0.25) is 5.91 Å². The van der Waals surface area contributed by atoms with Gasteiger partial charge in [0, 0.05) is 45.2 Å². The highest BCUT2D eigenvalue weighted by molar-refractivity contribution is 14.0. The fourth-order valence-electron chi connectivity index (χ4n) is 4.62. The summed E-state index contributed by atoms with van der Waals surface area (Å²) in [7, 11) is 1.79. The smallest absolute Gasteiger partial charge is 0.222 e. The third kappa shape index (κ3) is 7.35. The lowest BCUT2D eigenvalue weighted by atomic mass is 10.1. The average Bonchev–Trinajstić information content (AvgIpc) is 3.47. The minimum atomic E-state index is 0. The van der Waals surface area contributed by atoms with Gasteiger partial charge in [-0.25, -0.2) is 0 Å². The quantitative estimate of drug-likeness (QED) is 0.266. The zero-order valence-electron chi connectivity index (χ0n) is 20.3. The minimum absolute atomic E-state index is 0. The Morgan fingerprint density at radius 3 is 2.56 bits per heavy atom. The summed E-state index contributed by atoms with van der Waals surface area (Å²) in [6, 6.07) is 14.8. The molecule has 34 heavy (non-hydrogen) atoms. The summed E-state index contributed by atoms with van der Waals surface area (Å²) in [5, 5.41) is 6.83. The molecule has 2 N–H and O–H groups in total. The van der Waals surface area contributed by atoms with Gasteiger partial charge in [0.05, 0.1) is 6.10 Å². The van der Waals surface area contributed by atoms with E-state index < -0.39 is 0 Å². The van der Waals surface area contributed by atoms with Gasteiger partial charge in [0.25, 0.3) is 0 Å². The van der Waals surface area contributed by atoms with Crippen LogP contribution in [0.2, 0.25) is 0 Å². The number of hydrogen-bond acceptors (Lipinski definition) is 3. The van der Waals surface area contributed by atoms with Crippen molar-refractivity contribution in [1.29, 1.82) is 0 Å². The van der Waals surface area contributed by atoms with Gasteiger partial charge in [0.1, 0.15) is 5.75 Å². The maximum atomic E-state index is 11.9.